The van der Waals surface area contributed by atoms with Gasteiger partial charge in [-0.15, -0.1) is 21.7 Å². The van der Waals surface area contributed by atoms with Crippen molar-refractivity contribution in [2.75, 3.05) is 17.3 Å². The number of esters is 1. The predicted molar refractivity (Wildman–Crippen MR) is 109 cm³/mol. The number of amides is 2. The maximum Gasteiger partial charge on any atom is 0.314 e. The number of carbonyl (C=O) groups excluding carboxylic acids is 3. The van der Waals surface area contributed by atoms with Gasteiger partial charge in [0.2, 0.25) is 5.91 Å². The van der Waals surface area contributed by atoms with Crippen molar-refractivity contribution in [1.82, 2.24) is 25.2 Å². The molecule has 1 aromatic heterocycles. The van der Waals surface area contributed by atoms with E-state index < -0.39 is 22.3 Å². The molecule has 3 heterocycles. The summed E-state index contributed by atoms with van der Waals surface area (Å²) in [4.78, 5) is 50.7. The largest absolute Gasteiger partial charge is 0.460 e. The van der Waals surface area contributed by atoms with Crippen LogP contribution in [0.25, 0.3) is 0 Å². The molecule has 0 aliphatic carbocycles. The van der Waals surface area contributed by atoms with Crippen LogP contribution in [0.2, 0.25) is 0 Å². The van der Waals surface area contributed by atoms with Crippen molar-refractivity contribution in [3.8, 4) is 0 Å². The molecule has 0 spiro atoms. The average Bonchev–Trinajstić information content (AvgIpc) is 3.30. The van der Waals surface area contributed by atoms with Gasteiger partial charge >= 0.3 is 5.97 Å². The summed E-state index contributed by atoms with van der Waals surface area (Å²) in [6, 6.07) is 4.98. The number of non-ortho nitro benzene ring substituents is 1. The molecule has 4 rings (SSSR count). The summed E-state index contributed by atoms with van der Waals surface area (Å²) in [6.45, 7) is 3.17. The molecule has 0 radical (unpaired) electrons. The minimum Gasteiger partial charge on any atom is -0.460 e. The van der Waals surface area contributed by atoms with Crippen molar-refractivity contribution in [3.05, 3.63) is 46.3 Å². The Balaban J connectivity index is 1.39. The lowest BCUT2D eigenvalue weighted by Crippen LogP contribution is -2.75. The lowest BCUT2D eigenvalue weighted by Gasteiger charge is -2.55. The van der Waals surface area contributed by atoms with E-state index in [-0.39, 0.29) is 36.0 Å². The van der Waals surface area contributed by atoms with Gasteiger partial charge in [-0.25, -0.2) is 5.01 Å². The van der Waals surface area contributed by atoms with Crippen molar-refractivity contribution in [2.45, 2.75) is 31.9 Å². The molecule has 2 amide bonds. The molecule has 2 saturated heterocycles. The van der Waals surface area contributed by atoms with Crippen molar-refractivity contribution in [2.24, 2.45) is 5.41 Å². The maximum atomic E-state index is 12.8. The molecule has 2 unspecified atom stereocenters. The number of fused-ring (bicyclic) bond motifs is 1. The van der Waals surface area contributed by atoms with Crippen LogP contribution in [0, 0.1) is 15.5 Å². The van der Waals surface area contributed by atoms with E-state index in [9.17, 15) is 24.5 Å². The van der Waals surface area contributed by atoms with Gasteiger partial charge in [-0.1, -0.05) is 0 Å². The Hall–Kier alpha value is -3.55. The highest BCUT2D eigenvalue weighted by molar-refractivity contribution is 8.00. The fraction of sp³-hybridized carbons (Fsp3) is 0.444. The number of β-lactam (4-membered cyclic amide) rings is 1. The molecule has 32 heavy (non-hydrogen) atoms. The second kappa shape index (κ2) is 8.18. The summed E-state index contributed by atoms with van der Waals surface area (Å²) in [5, 5.41) is 22.3. The Morgan fingerprint density at radius 2 is 2.09 bits per heavy atom. The highest BCUT2D eigenvalue weighted by Gasteiger charge is 2.59. The minimum atomic E-state index is -0.932. The molecule has 0 bridgehead atoms. The number of nitro groups is 1. The number of ether oxygens (including phenoxy) is 1. The van der Waals surface area contributed by atoms with Crippen LogP contribution in [0.5, 0.6) is 0 Å². The average molecular weight is 461 g/mol. The fourth-order valence-corrected chi connectivity index (χ4v) is 5.17. The SMILES string of the molecule is CC(=O)N(C1C(=O)N2CC(C)(C(=O)OCc3ccc([N+](=O)[O-])cc3)CS[C@H]12)n1cnnn1. The van der Waals surface area contributed by atoms with Gasteiger partial charge in [-0.3, -0.25) is 24.5 Å². The molecule has 168 valence electrons. The van der Waals surface area contributed by atoms with Crippen LogP contribution in [-0.4, -0.2) is 71.6 Å². The van der Waals surface area contributed by atoms with Gasteiger partial charge in [0.05, 0.1) is 10.3 Å². The summed E-state index contributed by atoms with van der Waals surface area (Å²) >= 11 is 1.38. The first-order valence-corrected chi connectivity index (χ1v) is 10.6. The normalized spacial score (nSPS) is 24.3. The van der Waals surface area contributed by atoms with Crippen molar-refractivity contribution < 1.29 is 24.0 Å². The van der Waals surface area contributed by atoms with Crippen LogP contribution in [0.4, 0.5) is 5.69 Å². The van der Waals surface area contributed by atoms with Gasteiger partial charge in [0, 0.05) is 31.4 Å². The van der Waals surface area contributed by atoms with Crippen LogP contribution in [-0.2, 0) is 25.7 Å². The molecule has 1 aromatic carbocycles. The second-order valence-electron chi connectivity index (χ2n) is 7.77. The monoisotopic (exact) mass is 461 g/mol. The van der Waals surface area contributed by atoms with E-state index in [1.165, 1.54) is 54.3 Å². The van der Waals surface area contributed by atoms with E-state index in [1.54, 1.807) is 11.8 Å². The quantitative estimate of drug-likeness (QED) is 0.250. The van der Waals surface area contributed by atoms with Gasteiger partial charge in [0.1, 0.15) is 12.0 Å². The van der Waals surface area contributed by atoms with Gasteiger partial charge in [-0.2, -0.15) is 0 Å². The number of rotatable bonds is 6. The first kappa shape index (κ1) is 21.7. The first-order valence-electron chi connectivity index (χ1n) is 9.57. The van der Waals surface area contributed by atoms with Crippen molar-refractivity contribution >= 4 is 35.2 Å². The standard InChI is InChI=1S/C18H19N7O6S/c1-11(26)24(23-10-19-20-21-23)14-15(27)22-8-18(2,9-32-16(14)22)17(28)31-7-12-3-5-13(6-4-12)25(29)30/h3-6,10,14,16H,7-9H2,1-2H3/t14?,16-,18?/m1/s1. The van der Waals surface area contributed by atoms with E-state index in [1.807, 2.05) is 0 Å². The molecule has 0 N–H and O–H groups in total. The van der Waals surface area contributed by atoms with Crippen LogP contribution >= 0.6 is 11.8 Å². The lowest BCUT2D eigenvalue weighted by atomic mass is 9.89. The van der Waals surface area contributed by atoms with E-state index in [4.69, 9.17) is 4.74 Å². The van der Waals surface area contributed by atoms with Crippen molar-refractivity contribution in [1.29, 1.82) is 0 Å². The molecule has 2 fully saturated rings. The molecule has 3 atom stereocenters. The third-order valence-corrected chi connectivity index (χ3v) is 7.02. The number of aromatic nitrogens is 4. The van der Waals surface area contributed by atoms with Crippen molar-refractivity contribution in [3.63, 3.8) is 0 Å². The number of thioether (sulfide) groups is 1. The number of nitrogens with zero attached hydrogens (tertiary/aromatic N) is 7. The summed E-state index contributed by atoms with van der Waals surface area (Å²) in [5.74, 6) is -0.769. The number of hydrogen-bond donors (Lipinski definition) is 0. The molecular weight excluding hydrogens is 442 g/mol. The van der Waals surface area contributed by atoms with Gasteiger partial charge < -0.3 is 9.64 Å². The summed E-state index contributed by atoms with van der Waals surface area (Å²) in [6.07, 6.45) is 1.24. The predicted octanol–water partition coefficient (Wildman–Crippen LogP) is 0.0992. The summed E-state index contributed by atoms with van der Waals surface area (Å²) < 4.78 is 5.43. The van der Waals surface area contributed by atoms with Crippen LogP contribution < -0.4 is 5.01 Å². The third-order valence-electron chi connectivity index (χ3n) is 5.36. The molecule has 14 heteroatoms. The molecule has 2 aliphatic rings. The number of tetrazole rings is 1. The highest BCUT2D eigenvalue weighted by Crippen LogP contribution is 2.43. The minimum absolute atomic E-state index is 0.0332. The molecule has 0 saturated carbocycles. The van der Waals surface area contributed by atoms with E-state index in [0.717, 1.165) is 4.79 Å². The Kier molecular flexibility index (Phi) is 5.54. The topological polar surface area (TPSA) is 154 Å². The second-order valence-corrected chi connectivity index (χ2v) is 8.87. The molecule has 2 aromatic rings. The maximum absolute atomic E-state index is 12.8. The Morgan fingerprint density at radius 3 is 2.69 bits per heavy atom. The zero-order valence-corrected chi connectivity index (χ0v) is 18.0. The van der Waals surface area contributed by atoms with Gasteiger partial charge in [-0.05, 0) is 35.0 Å². The van der Waals surface area contributed by atoms with Crippen LogP contribution in [0.1, 0.15) is 19.4 Å². The number of nitro benzene ring substituents is 1. The van der Waals surface area contributed by atoms with Gasteiger partial charge in [0.15, 0.2) is 12.4 Å². The zero-order chi connectivity index (χ0) is 23.0. The smallest absolute Gasteiger partial charge is 0.314 e. The molecule has 2 aliphatic heterocycles. The Morgan fingerprint density at radius 1 is 1.38 bits per heavy atom. The molecule has 13 nitrogen and oxygen atoms in total. The highest BCUT2D eigenvalue weighted by atomic mass is 32.2. The van der Waals surface area contributed by atoms with Crippen LogP contribution in [0.15, 0.2) is 30.6 Å². The molecular formula is C18H19N7O6S. The van der Waals surface area contributed by atoms with Gasteiger partial charge in [0.25, 0.3) is 11.6 Å². The van der Waals surface area contributed by atoms with Crippen LogP contribution in [0.3, 0.4) is 0 Å². The Labute approximate surface area is 185 Å². The summed E-state index contributed by atoms with van der Waals surface area (Å²) in [7, 11) is 0. The lowest BCUT2D eigenvalue weighted by molar-refractivity contribution is -0.384. The van der Waals surface area contributed by atoms with E-state index in [2.05, 4.69) is 15.5 Å². The zero-order valence-electron chi connectivity index (χ0n) is 17.2. The first-order chi connectivity index (χ1) is 15.2. The Bertz CT molecular complexity index is 1060. The number of hydrogen-bond acceptors (Lipinski definition) is 10. The van der Waals surface area contributed by atoms with E-state index in [0.29, 0.717) is 11.3 Å². The third kappa shape index (κ3) is 3.77. The number of carbonyl (C=O) groups is 3. The fourth-order valence-electron chi connectivity index (χ4n) is 3.65. The summed E-state index contributed by atoms with van der Waals surface area (Å²) in [5.41, 5.74) is -0.361. The number of benzene rings is 1. The van der Waals surface area contributed by atoms with E-state index >= 15 is 0 Å².